The van der Waals surface area contributed by atoms with Gasteiger partial charge in [-0.1, -0.05) is 24.3 Å². The highest BCUT2D eigenvalue weighted by molar-refractivity contribution is 6.32. The molecule has 0 unspecified atom stereocenters. The van der Waals surface area contributed by atoms with Gasteiger partial charge < -0.3 is 14.7 Å². The molecule has 2 atom stereocenters. The molecule has 2 aromatic heterocycles. The summed E-state index contributed by atoms with van der Waals surface area (Å²) in [5, 5.41) is 21.4. The number of carbonyl (C=O) groups excluding carboxylic acids is 2. The lowest BCUT2D eigenvalue weighted by Crippen LogP contribution is -2.41. The van der Waals surface area contributed by atoms with E-state index >= 15 is 0 Å². The molecule has 3 aromatic rings. The molecule has 0 saturated carbocycles. The Morgan fingerprint density at radius 2 is 2.03 bits per heavy atom. The van der Waals surface area contributed by atoms with Crippen LogP contribution in [0.4, 0.5) is 0 Å². The van der Waals surface area contributed by atoms with Gasteiger partial charge >= 0.3 is 17.6 Å². The third-order valence-electron chi connectivity index (χ3n) is 5.80. The number of imidazole rings is 1. The summed E-state index contributed by atoms with van der Waals surface area (Å²) in [5.74, 6) is -2.11. The smallest absolute Gasteiger partial charge is 0.396 e. The van der Waals surface area contributed by atoms with Crippen LogP contribution < -0.4 is 5.69 Å². The zero-order valence-electron chi connectivity index (χ0n) is 15.8. The van der Waals surface area contributed by atoms with E-state index in [1.165, 1.54) is 15.7 Å². The molecule has 150 valence electrons. The molecule has 0 aliphatic carbocycles. The van der Waals surface area contributed by atoms with E-state index in [9.17, 15) is 24.8 Å². The highest BCUT2D eigenvalue weighted by Crippen LogP contribution is 2.48. The minimum Gasteiger partial charge on any atom is -0.493 e. The maximum absolute atomic E-state index is 13.2. The number of fused-ring (bicyclic) bond motifs is 6. The lowest BCUT2D eigenvalue weighted by atomic mass is 10.1. The van der Waals surface area contributed by atoms with E-state index in [4.69, 9.17) is 0 Å². The van der Waals surface area contributed by atoms with Crippen molar-refractivity contribution in [1.29, 1.82) is 5.26 Å². The topological polar surface area (TPSA) is 130 Å². The Morgan fingerprint density at radius 1 is 1.30 bits per heavy atom. The van der Waals surface area contributed by atoms with Crippen molar-refractivity contribution >= 4 is 22.6 Å². The van der Waals surface area contributed by atoms with Crippen LogP contribution in [0.1, 0.15) is 29.9 Å². The summed E-state index contributed by atoms with van der Waals surface area (Å²) < 4.78 is 7.12. The van der Waals surface area contributed by atoms with E-state index in [-0.39, 0.29) is 29.9 Å². The number of rotatable bonds is 1. The number of aromatic nitrogens is 3. The molecule has 1 aromatic carbocycles. The maximum Gasteiger partial charge on any atom is 0.396 e. The van der Waals surface area contributed by atoms with Gasteiger partial charge in [-0.2, -0.15) is 5.26 Å². The van der Waals surface area contributed by atoms with Crippen molar-refractivity contribution in [3.05, 3.63) is 52.3 Å². The summed E-state index contributed by atoms with van der Waals surface area (Å²) in [4.78, 5) is 42.7. The quantitative estimate of drug-likeness (QED) is 0.467. The van der Waals surface area contributed by atoms with Crippen LogP contribution >= 0.6 is 0 Å². The maximum atomic E-state index is 13.2. The summed E-state index contributed by atoms with van der Waals surface area (Å²) in [6, 6.07) is 8.05. The molecule has 10 heteroatoms. The van der Waals surface area contributed by atoms with Crippen LogP contribution in [0.15, 0.2) is 35.3 Å². The summed E-state index contributed by atoms with van der Waals surface area (Å²) in [5.41, 5.74) is 0.363. The number of methoxy groups -OCH3 is 1. The number of nitriles is 1. The first kappa shape index (κ1) is 17.9. The Bertz CT molecular complexity index is 1350. The van der Waals surface area contributed by atoms with E-state index < -0.39 is 23.6 Å². The number of amides is 1. The number of nitrogens with zero attached hydrogens (tertiary/aromatic N) is 5. The standard InChI is InChI=1S/C20H15N5O5/c1-30-19(28)18(27)23-9-10-6-14(23)16-17(26)25(20(29)24(10)16)15-8-22-13(7-21)11-4-2-3-5-12(11)15/h2-5,8,10,14,26H,6,9H2,1H3/t10-,14-/m0/s1. The Balaban J connectivity index is 1.69. The molecule has 1 amide bonds. The number of esters is 1. The molecular formula is C20H15N5O5. The highest BCUT2D eigenvalue weighted by Gasteiger charge is 2.50. The van der Waals surface area contributed by atoms with Crippen LogP contribution in [0.3, 0.4) is 0 Å². The lowest BCUT2D eigenvalue weighted by molar-refractivity contribution is -0.159. The SMILES string of the molecule is COC(=O)C(=O)N1C[C@@H]2C[C@H]1c1c(O)n(-c3cnc(C#N)c4ccccc34)c(=O)n12. The van der Waals surface area contributed by atoms with Crippen molar-refractivity contribution in [1.82, 2.24) is 19.0 Å². The second-order valence-electron chi connectivity index (χ2n) is 7.20. The number of benzene rings is 1. The van der Waals surface area contributed by atoms with Crippen molar-refractivity contribution in [3.63, 3.8) is 0 Å². The minimum atomic E-state index is -0.988. The number of aromatic hydroxyl groups is 1. The number of pyridine rings is 1. The van der Waals surface area contributed by atoms with Gasteiger partial charge in [0.25, 0.3) is 0 Å². The Hall–Kier alpha value is -4.13. The Morgan fingerprint density at radius 3 is 2.73 bits per heavy atom. The van der Waals surface area contributed by atoms with E-state index in [1.54, 1.807) is 24.3 Å². The van der Waals surface area contributed by atoms with E-state index in [0.717, 1.165) is 11.7 Å². The van der Waals surface area contributed by atoms with E-state index in [2.05, 4.69) is 9.72 Å². The van der Waals surface area contributed by atoms with Crippen molar-refractivity contribution in [2.24, 2.45) is 0 Å². The molecule has 2 bridgehead atoms. The van der Waals surface area contributed by atoms with Gasteiger partial charge in [-0.05, 0) is 6.42 Å². The Kier molecular flexibility index (Phi) is 3.70. The van der Waals surface area contributed by atoms with E-state index in [1.807, 2.05) is 6.07 Å². The summed E-state index contributed by atoms with van der Waals surface area (Å²) in [7, 11) is 1.13. The first-order chi connectivity index (χ1) is 14.5. The number of carbonyl (C=O) groups is 2. The van der Waals surface area contributed by atoms with Crippen LogP contribution in [-0.4, -0.2) is 49.7 Å². The molecule has 30 heavy (non-hydrogen) atoms. The number of ether oxygens (including phenoxy) is 1. The average molecular weight is 405 g/mol. The van der Waals surface area contributed by atoms with Crippen molar-refractivity contribution in [2.75, 3.05) is 13.7 Å². The van der Waals surface area contributed by atoms with Crippen LogP contribution in [0, 0.1) is 11.3 Å². The molecule has 0 radical (unpaired) electrons. The average Bonchev–Trinajstić information content (AvgIpc) is 3.43. The minimum absolute atomic E-state index is 0.182. The molecule has 1 N–H and O–H groups in total. The van der Waals surface area contributed by atoms with Gasteiger partial charge in [0.15, 0.2) is 0 Å². The number of hydrogen-bond donors (Lipinski definition) is 1. The zero-order valence-corrected chi connectivity index (χ0v) is 15.8. The fourth-order valence-electron chi connectivity index (χ4n) is 4.54. The summed E-state index contributed by atoms with van der Waals surface area (Å²) in [6.45, 7) is 0.182. The fourth-order valence-corrected chi connectivity index (χ4v) is 4.54. The third kappa shape index (κ3) is 2.17. The second-order valence-corrected chi connectivity index (χ2v) is 7.20. The van der Waals surface area contributed by atoms with Gasteiger partial charge in [-0.15, -0.1) is 0 Å². The first-order valence-electron chi connectivity index (χ1n) is 9.21. The molecule has 0 spiro atoms. The van der Waals surface area contributed by atoms with Crippen LogP contribution in [0.2, 0.25) is 0 Å². The molecular weight excluding hydrogens is 390 g/mol. The van der Waals surface area contributed by atoms with Gasteiger partial charge in [0.2, 0.25) is 5.88 Å². The lowest BCUT2D eigenvalue weighted by Gasteiger charge is -2.26. The van der Waals surface area contributed by atoms with Crippen molar-refractivity contribution in [2.45, 2.75) is 18.5 Å². The van der Waals surface area contributed by atoms with Crippen LogP contribution in [-0.2, 0) is 14.3 Å². The molecule has 5 rings (SSSR count). The van der Waals surface area contributed by atoms with Gasteiger partial charge in [-0.3, -0.25) is 9.36 Å². The molecule has 1 fully saturated rings. The normalized spacial score (nSPS) is 19.0. The summed E-state index contributed by atoms with van der Waals surface area (Å²) in [6.07, 6.45) is 1.81. The first-order valence-corrected chi connectivity index (χ1v) is 9.21. The van der Waals surface area contributed by atoms with Crippen molar-refractivity contribution < 1.29 is 19.4 Å². The fraction of sp³-hybridized carbons (Fsp3) is 0.250. The number of hydrogen-bond acceptors (Lipinski definition) is 7. The van der Waals surface area contributed by atoms with Crippen molar-refractivity contribution in [3.8, 4) is 17.6 Å². The van der Waals surface area contributed by atoms with E-state index in [0.29, 0.717) is 22.9 Å². The number of likely N-dealkylation sites (tertiary alicyclic amines) is 1. The molecule has 2 aliphatic heterocycles. The monoisotopic (exact) mass is 405 g/mol. The third-order valence-corrected chi connectivity index (χ3v) is 5.80. The largest absolute Gasteiger partial charge is 0.493 e. The summed E-state index contributed by atoms with van der Waals surface area (Å²) >= 11 is 0. The Labute approximate surface area is 169 Å². The second kappa shape index (κ2) is 6.18. The molecule has 10 nitrogen and oxygen atoms in total. The molecule has 1 saturated heterocycles. The predicted molar refractivity (Wildman–Crippen MR) is 102 cm³/mol. The van der Waals surface area contributed by atoms with Gasteiger partial charge in [0, 0.05) is 17.3 Å². The predicted octanol–water partition coefficient (Wildman–Crippen LogP) is 0.766. The van der Waals surface area contributed by atoms with Gasteiger partial charge in [-0.25, -0.2) is 19.1 Å². The molecule has 4 heterocycles. The highest BCUT2D eigenvalue weighted by atomic mass is 16.5. The van der Waals surface area contributed by atoms with Crippen LogP contribution in [0.5, 0.6) is 5.88 Å². The van der Waals surface area contributed by atoms with Crippen LogP contribution in [0.25, 0.3) is 16.5 Å². The van der Waals surface area contributed by atoms with Gasteiger partial charge in [0.1, 0.15) is 17.5 Å². The molecule has 2 aliphatic rings. The van der Waals surface area contributed by atoms with Gasteiger partial charge in [0.05, 0.1) is 31.1 Å². The zero-order chi connectivity index (χ0) is 21.2.